The Hall–Kier alpha value is -2.66. The first-order valence-corrected chi connectivity index (χ1v) is 7.19. The van der Waals surface area contributed by atoms with E-state index in [0.29, 0.717) is 27.5 Å². The molecule has 0 saturated carbocycles. The van der Waals surface area contributed by atoms with Gasteiger partial charge in [-0.15, -0.1) is 0 Å². The standard InChI is InChI=1S/C17H12ClFN2O2/c1-10-7-11(5-6-14(10)19)16-9-15(17(22)23)20-21(16)13-4-2-3-12(18)8-13/h2-9H,1H3,(H,22,23). The number of carboxylic acids is 1. The van der Waals surface area contributed by atoms with E-state index in [4.69, 9.17) is 11.6 Å². The summed E-state index contributed by atoms with van der Waals surface area (Å²) in [5.41, 5.74) is 2.22. The molecule has 0 saturated heterocycles. The number of halogens is 2. The Morgan fingerprint density at radius 1 is 1.22 bits per heavy atom. The van der Waals surface area contributed by atoms with Crippen LogP contribution in [0.15, 0.2) is 48.5 Å². The molecule has 2 aromatic carbocycles. The summed E-state index contributed by atoms with van der Waals surface area (Å²) in [7, 11) is 0. The first kappa shape index (κ1) is 15.2. The van der Waals surface area contributed by atoms with Gasteiger partial charge in [0.25, 0.3) is 0 Å². The molecule has 23 heavy (non-hydrogen) atoms. The van der Waals surface area contributed by atoms with Gasteiger partial charge in [-0.2, -0.15) is 5.10 Å². The highest BCUT2D eigenvalue weighted by Crippen LogP contribution is 2.27. The van der Waals surface area contributed by atoms with E-state index in [1.54, 1.807) is 43.3 Å². The van der Waals surface area contributed by atoms with Crippen LogP contribution in [-0.2, 0) is 0 Å². The van der Waals surface area contributed by atoms with Gasteiger partial charge in [0.15, 0.2) is 5.69 Å². The number of carbonyl (C=O) groups is 1. The third kappa shape index (κ3) is 2.96. The van der Waals surface area contributed by atoms with Crippen molar-refractivity contribution < 1.29 is 14.3 Å². The molecule has 1 heterocycles. The third-order valence-electron chi connectivity index (χ3n) is 3.43. The molecule has 0 radical (unpaired) electrons. The number of carboxylic acid groups (broad SMARTS) is 1. The highest BCUT2D eigenvalue weighted by atomic mass is 35.5. The van der Waals surface area contributed by atoms with Crippen LogP contribution in [0.3, 0.4) is 0 Å². The summed E-state index contributed by atoms with van der Waals surface area (Å²) in [6, 6.07) is 13.0. The molecule has 0 aliphatic carbocycles. The minimum atomic E-state index is -1.13. The Balaban J connectivity index is 2.22. The van der Waals surface area contributed by atoms with Gasteiger partial charge in [0.1, 0.15) is 5.82 Å². The van der Waals surface area contributed by atoms with Gasteiger partial charge in [0.2, 0.25) is 0 Å². The van der Waals surface area contributed by atoms with Crippen LogP contribution >= 0.6 is 11.6 Å². The Morgan fingerprint density at radius 3 is 2.65 bits per heavy atom. The Labute approximate surface area is 136 Å². The van der Waals surface area contributed by atoms with Gasteiger partial charge in [-0.3, -0.25) is 0 Å². The summed E-state index contributed by atoms with van der Waals surface area (Å²) in [4.78, 5) is 11.3. The molecule has 0 aliphatic rings. The third-order valence-corrected chi connectivity index (χ3v) is 3.67. The molecule has 0 fully saturated rings. The molecule has 6 heteroatoms. The van der Waals surface area contributed by atoms with Crippen molar-refractivity contribution in [3.8, 4) is 16.9 Å². The maximum absolute atomic E-state index is 13.5. The number of rotatable bonds is 3. The second kappa shape index (κ2) is 5.85. The lowest BCUT2D eigenvalue weighted by atomic mass is 10.1. The summed E-state index contributed by atoms with van der Waals surface area (Å²) < 4.78 is 15.0. The summed E-state index contributed by atoms with van der Waals surface area (Å²) in [6.07, 6.45) is 0. The van der Waals surface area contributed by atoms with Gasteiger partial charge in [-0.25, -0.2) is 13.9 Å². The Bertz CT molecular complexity index is 905. The number of hydrogen-bond donors (Lipinski definition) is 1. The molecule has 3 rings (SSSR count). The van der Waals surface area contributed by atoms with Crippen LogP contribution in [0.1, 0.15) is 16.1 Å². The van der Waals surface area contributed by atoms with E-state index < -0.39 is 5.97 Å². The van der Waals surface area contributed by atoms with Gasteiger partial charge < -0.3 is 5.11 Å². The number of nitrogens with zero attached hydrogens (tertiary/aromatic N) is 2. The van der Waals surface area contributed by atoms with Crippen LogP contribution in [0.25, 0.3) is 16.9 Å². The number of benzene rings is 2. The van der Waals surface area contributed by atoms with E-state index in [9.17, 15) is 14.3 Å². The quantitative estimate of drug-likeness (QED) is 0.777. The maximum Gasteiger partial charge on any atom is 0.356 e. The lowest BCUT2D eigenvalue weighted by molar-refractivity contribution is 0.0690. The SMILES string of the molecule is Cc1cc(-c2cc(C(=O)O)nn2-c2cccc(Cl)c2)ccc1F. The Morgan fingerprint density at radius 2 is 2.00 bits per heavy atom. The highest BCUT2D eigenvalue weighted by Gasteiger charge is 2.16. The van der Waals surface area contributed by atoms with Gasteiger partial charge in [-0.05, 0) is 55.0 Å². The van der Waals surface area contributed by atoms with Crippen LogP contribution in [0.4, 0.5) is 4.39 Å². The molecule has 4 nitrogen and oxygen atoms in total. The maximum atomic E-state index is 13.5. The molecule has 0 aliphatic heterocycles. The lowest BCUT2D eigenvalue weighted by Gasteiger charge is -2.09. The normalized spacial score (nSPS) is 10.7. The van der Waals surface area contributed by atoms with E-state index in [0.717, 1.165) is 0 Å². The summed E-state index contributed by atoms with van der Waals surface area (Å²) in [5, 5.41) is 13.8. The molecule has 1 aromatic heterocycles. The van der Waals surface area contributed by atoms with Crippen LogP contribution in [0, 0.1) is 12.7 Å². The summed E-state index contributed by atoms with van der Waals surface area (Å²) in [6.45, 7) is 1.65. The summed E-state index contributed by atoms with van der Waals surface area (Å²) >= 11 is 6.00. The zero-order valence-electron chi connectivity index (χ0n) is 12.1. The monoisotopic (exact) mass is 330 g/mol. The van der Waals surface area contributed by atoms with Gasteiger partial charge in [0.05, 0.1) is 11.4 Å². The minimum absolute atomic E-state index is 0.0954. The first-order valence-electron chi connectivity index (χ1n) is 6.81. The predicted octanol–water partition coefficient (Wildman–Crippen LogP) is 4.34. The molecule has 0 spiro atoms. The average Bonchev–Trinajstić information content (AvgIpc) is 2.95. The zero-order chi connectivity index (χ0) is 16.6. The van der Waals surface area contributed by atoms with E-state index in [2.05, 4.69) is 5.10 Å². The van der Waals surface area contributed by atoms with E-state index in [1.807, 2.05) is 0 Å². The lowest BCUT2D eigenvalue weighted by Crippen LogP contribution is -2.02. The molecule has 0 amide bonds. The first-order chi connectivity index (χ1) is 11.0. The van der Waals surface area contributed by atoms with Crippen molar-refractivity contribution in [3.05, 3.63) is 70.6 Å². The average molecular weight is 331 g/mol. The molecule has 116 valence electrons. The summed E-state index contributed by atoms with van der Waals surface area (Å²) in [5.74, 6) is -1.45. The van der Waals surface area contributed by atoms with E-state index >= 15 is 0 Å². The fourth-order valence-electron chi connectivity index (χ4n) is 2.30. The van der Waals surface area contributed by atoms with E-state index in [1.165, 1.54) is 16.8 Å². The van der Waals surface area contributed by atoms with Gasteiger partial charge >= 0.3 is 5.97 Å². The molecular weight excluding hydrogens is 319 g/mol. The predicted molar refractivity (Wildman–Crippen MR) is 85.7 cm³/mol. The molecule has 3 aromatic rings. The fourth-order valence-corrected chi connectivity index (χ4v) is 2.48. The van der Waals surface area contributed by atoms with Crippen LogP contribution in [0.2, 0.25) is 5.02 Å². The van der Waals surface area contributed by atoms with Crippen LogP contribution < -0.4 is 0 Å². The second-order valence-corrected chi connectivity index (χ2v) is 5.51. The number of hydrogen-bond acceptors (Lipinski definition) is 2. The fraction of sp³-hybridized carbons (Fsp3) is 0.0588. The van der Waals surface area contributed by atoms with Crippen molar-refractivity contribution in [2.45, 2.75) is 6.92 Å². The molecule has 0 unspecified atom stereocenters. The van der Waals surface area contributed by atoms with Gasteiger partial charge in [-0.1, -0.05) is 17.7 Å². The van der Waals surface area contributed by atoms with E-state index in [-0.39, 0.29) is 11.5 Å². The number of aromatic nitrogens is 2. The van der Waals surface area contributed by atoms with Crippen molar-refractivity contribution in [2.75, 3.05) is 0 Å². The molecule has 0 bridgehead atoms. The minimum Gasteiger partial charge on any atom is -0.476 e. The smallest absolute Gasteiger partial charge is 0.356 e. The molecular formula is C17H12ClFN2O2. The van der Waals surface area contributed by atoms with Gasteiger partial charge in [0, 0.05) is 10.6 Å². The molecule has 1 N–H and O–H groups in total. The van der Waals surface area contributed by atoms with Crippen molar-refractivity contribution in [3.63, 3.8) is 0 Å². The number of aryl methyl sites for hydroxylation is 1. The van der Waals surface area contributed by atoms with Crippen LogP contribution in [-0.4, -0.2) is 20.9 Å². The largest absolute Gasteiger partial charge is 0.476 e. The zero-order valence-corrected chi connectivity index (χ0v) is 12.9. The van der Waals surface area contributed by atoms with Crippen LogP contribution in [0.5, 0.6) is 0 Å². The van der Waals surface area contributed by atoms with Crippen molar-refractivity contribution in [1.29, 1.82) is 0 Å². The highest BCUT2D eigenvalue weighted by molar-refractivity contribution is 6.30. The van der Waals surface area contributed by atoms with Crippen molar-refractivity contribution in [1.82, 2.24) is 9.78 Å². The second-order valence-electron chi connectivity index (χ2n) is 5.08. The molecule has 0 atom stereocenters. The van der Waals surface area contributed by atoms with Crippen molar-refractivity contribution >= 4 is 17.6 Å². The van der Waals surface area contributed by atoms with Crippen molar-refractivity contribution in [2.24, 2.45) is 0 Å². The Kier molecular flexibility index (Phi) is 3.88. The topological polar surface area (TPSA) is 55.1 Å². The number of aromatic carboxylic acids is 1.